The Bertz CT molecular complexity index is 1850. The topological polar surface area (TPSA) is 332 Å². The number of H-pyrrole nitrogens is 1. The van der Waals surface area contributed by atoms with Crippen LogP contribution in [-0.4, -0.2) is 81.2 Å². The van der Waals surface area contributed by atoms with E-state index in [0.29, 0.717) is 37.5 Å². The number of thioether (sulfide) groups is 1. The lowest BCUT2D eigenvalue weighted by Crippen LogP contribution is -2.36. The Morgan fingerprint density at radius 2 is 1.70 bits per heavy atom. The molecule has 4 heterocycles. The predicted octanol–water partition coefficient (Wildman–Crippen LogP) is -1.47. The number of carbonyl (C=O) groups excluding carboxylic acids is 3. The van der Waals surface area contributed by atoms with E-state index in [1.165, 1.54) is 0 Å². The van der Waals surface area contributed by atoms with Gasteiger partial charge in [0.05, 0.1) is 31.3 Å². The van der Waals surface area contributed by atoms with E-state index in [0.717, 1.165) is 35.8 Å². The molecule has 3 fully saturated rings. The van der Waals surface area contributed by atoms with Crippen molar-refractivity contribution >= 4 is 53.1 Å². The highest BCUT2D eigenvalue weighted by atomic mass is 32.2. The van der Waals surface area contributed by atoms with E-state index in [9.17, 15) is 52.3 Å². The van der Waals surface area contributed by atoms with Gasteiger partial charge in [-0.15, -0.1) is 0 Å². The Kier molecular flexibility index (Phi) is 16.1. The van der Waals surface area contributed by atoms with Gasteiger partial charge < -0.3 is 50.1 Å². The van der Waals surface area contributed by atoms with E-state index in [1.54, 1.807) is 0 Å². The van der Waals surface area contributed by atoms with Crippen molar-refractivity contribution in [2.24, 2.45) is 0 Å². The molecule has 0 radical (unpaired) electrons. The molecular formula is C28H40N6O16P3S-3. The molecule has 4 rings (SSSR count). The molecule has 302 valence electrons. The van der Waals surface area contributed by atoms with Gasteiger partial charge in [-0.05, 0) is 38.5 Å². The van der Waals surface area contributed by atoms with Gasteiger partial charge in [-0.1, -0.05) is 24.7 Å². The monoisotopic (exact) mass is 841 g/mol. The average Bonchev–Trinajstić information content (AvgIpc) is 3.78. The van der Waals surface area contributed by atoms with Gasteiger partial charge in [-0.25, -0.2) is 18.2 Å². The lowest BCUT2D eigenvalue weighted by Gasteiger charge is -2.32. The number of nitrogens with zero attached hydrogens (tertiary/aromatic N) is 1. The molecule has 8 atom stereocenters. The van der Waals surface area contributed by atoms with Crippen LogP contribution in [0.25, 0.3) is 0 Å². The van der Waals surface area contributed by atoms with E-state index >= 15 is 0 Å². The van der Waals surface area contributed by atoms with E-state index in [-0.39, 0.29) is 61.3 Å². The summed E-state index contributed by atoms with van der Waals surface area (Å²) in [5.41, 5.74) is -1.82. The van der Waals surface area contributed by atoms with Crippen LogP contribution in [0.5, 0.6) is 0 Å². The van der Waals surface area contributed by atoms with Gasteiger partial charge in [0.25, 0.3) is 29.0 Å². The number of aromatic amines is 1. The Labute approximate surface area is 312 Å². The fourth-order valence-electron chi connectivity index (χ4n) is 5.81. The molecule has 54 heavy (non-hydrogen) atoms. The van der Waals surface area contributed by atoms with Crippen LogP contribution < -0.4 is 47.2 Å². The van der Waals surface area contributed by atoms with Crippen LogP contribution in [0.3, 0.4) is 0 Å². The summed E-state index contributed by atoms with van der Waals surface area (Å²) in [6, 6.07) is 0.237. The van der Waals surface area contributed by atoms with Gasteiger partial charge in [0.1, 0.15) is 11.8 Å². The van der Waals surface area contributed by atoms with Crippen molar-refractivity contribution in [3.05, 3.63) is 32.6 Å². The Morgan fingerprint density at radius 1 is 0.981 bits per heavy atom. The molecule has 0 aliphatic carbocycles. The lowest BCUT2D eigenvalue weighted by atomic mass is 10.0. The maximum atomic E-state index is 12.4. The number of hydrogen-bond donors (Lipinski definition) is 6. The third kappa shape index (κ3) is 14.7. The van der Waals surface area contributed by atoms with E-state index in [1.807, 2.05) is 11.8 Å². The SMILES string of the molecule is O=C(CCCCCNC(=O)CCCC[C@@H]1SC[C@@H]2NC(=O)N[C@@H]21)NCC#Cc1cn([C@H]2CC[C@@H](COP(=O)([O-])OP(=O)([O-])OP(=O)([O-])O)O2)c(=O)[nH]c1=O. The molecule has 22 nitrogen and oxygen atoms in total. The van der Waals surface area contributed by atoms with Gasteiger partial charge in [-0.2, -0.15) is 11.8 Å². The number of unbranched alkanes of at least 4 members (excludes halogenated alkanes) is 3. The molecule has 0 aromatic carbocycles. The van der Waals surface area contributed by atoms with Crippen LogP contribution >= 0.6 is 35.2 Å². The molecule has 3 unspecified atom stereocenters. The van der Waals surface area contributed by atoms with Gasteiger partial charge in [0.15, 0.2) is 0 Å². The third-order valence-electron chi connectivity index (χ3n) is 8.27. The number of hydrogen-bond acceptors (Lipinski definition) is 16. The van der Waals surface area contributed by atoms with Crippen LogP contribution in [0.1, 0.15) is 76.0 Å². The van der Waals surface area contributed by atoms with Crippen LogP contribution in [0.2, 0.25) is 0 Å². The van der Waals surface area contributed by atoms with Crippen LogP contribution in [0, 0.1) is 11.8 Å². The second-order valence-electron chi connectivity index (χ2n) is 12.4. The first-order valence-corrected chi connectivity index (χ1v) is 22.3. The number of nitrogens with one attached hydrogen (secondary N) is 5. The van der Waals surface area contributed by atoms with E-state index in [4.69, 9.17) is 9.63 Å². The first-order chi connectivity index (χ1) is 25.4. The van der Waals surface area contributed by atoms with Crippen molar-refractivity contribution in [2.45, 2.75) is 93.9 Å². The molecule has 3 saturated heterocycles. The van der Waals surface area contributed by atoms with Crippen molar-refractivity contribution in [3.8, 4) is 11.8 Å². The zero-order valence-electron chi connectivity index (χ0n) is 28.6. The molecular weight excluding hydrogens is 801 g/mol. The summed E-state index contributed by atoms with van der Waals surface area (Å²) in [5.74, 6) is 5.80. The lowest BCUT2D eigenvalue weighted by molar-refractivity contribution is -0.250. The number of amides is 4. The largest absolute Gasteiger partial charge is 0.756 e. The summed E-state index contributed by atoms with van der Waals surface area (Å²) < 4.78 is 51.4. The first-order valence-electron chi connectivity index (χ1n) is 16.8. The van der Waals surface area contributed by atoms with Crippen LogP contribution in [-0.2, 0) is 41.2 Å². The van der Waals surface area contributed by atoms with Gasteiger partial charge >= 0.3 is 11.7 Å². The molecule has 0 bridgehead atoms. The smallest absolute Gasteiger partial charge is 0.330 e. The second-order valence-corrected chi connectivity index (χ2v) is 18.0. The van der Waals surface area contributed by atoms with Crippen molar-refractivity contribution < 1.29 is 65.5 Å². The molecule has 6 N–H and O–H groups in total. The molecule has 0 spiro atoms. The van der Waals surface area contributed by atoms with Crippen LogP contribution in [0.4, 0.5) is 4.79 Å². The summed E-state index contributed by atoms with van der Waals surface area (Å²) in [6.45, 7) is -0.399. The van der Waals surface area contributed by atoms with Gasteiger partial charge in [-0.3, -0.25) is 37.6 Å². The number of aromatic nitrogens is 2. The average molecular weight is 842 g/mol. The summed E-state index contributed by atoms with van der Waals surface area (Å²) in [6.07, 6.45) is 4.57. The first kappa shape index (κ1) is 43.9. The Morgan fingerprint density at radius 3 is 2.44 bits per heavy atom. The number of phosphoric acid groups is 3. The summed E-state index contributed by atoms with van der Waals surface area (Å²) >= 11 is 1.85. The number of rotatable bonds is 20. The maximum Gasteiger partial charge on any atom is 0.330 e. The van der Waals surface area contributed by atoms with Crippen molar-refractivity contribution in [3.63, 3.8) is 0 Å². The third-order valence-corrected chi connectivity index (χ3v) is 13.5. The molecule has 26 heteroatoms. The van der Waals surface area contributed by atoms with Crippen molar-refractivity contribution in [2.75, 3.05) is 25.4 Å². The highest BCUT2D eigenvalue weighted by molar-refractivity contribution is 8.00. The summed E-state index contributed by atoms with van der Waals surface area (Å²) in [7, 11) is -17.7. The van der Waals surface area contributed by atoms with Crippen molar-refractivity contribution in [1.29, 1.82) is 0 Å². The number of fused-ring (bicyclic) bond motifs is 1. The summed E-state index contributed by atoms with van der Waals surface area (Å²) in [5, 5.41) is 11.7. The second kappa shape index (κ2) is 19.9. The standard InChI is InChI=1S/C28H43N6O16P3S/c35-22(9-2-1-5-13-29-23(36)10-4-3-8-21-25-20(17-54-21)31-27(38)32-25)30-14-6-7-18-15-34(28(39)33-26(18)37)24-12-11-19(48-24)16-47-52(43,44)50-53(45,46)49-51(40,41)42/h15,19-21,24-25H,1-5,8-14,16-17H2,(H,29,36)(H,30,35)(H,43,44)(H,45,46)(H2,31,32,38)(H,33,37,39)(H2,40,41,42)/p-3/t19-,20-,21-,24+,25-/m0/s1. The normalized spacial score (nSPS) is 25.2. The number of carbonyl (C=O) groups is 3. The number of urea groups is 1. The molecule has 4 amide bonds. The highest BCUT2D eigenvalue weighted by Crippen LogP contribution is 2.61. The molecule has 3 aliphatic rings. The Hall–Kier alpha value is -2.83. The molecule has 3 aliphatic heterocycles. The van der Waals surface area contributed by atoms with Gasteiger partial charge in [0, 0.05) is 36.6 Å². The van der Waals surface area contributed by atoms with Crippen LogP contribution in [0.15, 0.2) is 15.8 Å². The molecule has 1 aromatic heterocycles. The van der Waals surface area contributed by atoms with E-state index in [2.05, 4.69) is 51.2 Å². The fraction of sp³-hybridized carbons (Fsp3) is 0.679. The number of ether oxygens (including phenoxy) is 1. The fourth-order valence-corrected chi connectivity index (χ4v) is 10.3. The zero-order valence-corrected chi connectivity index (χ0v) is 32.1. The number of phosphoric ester groups is 1. The quantitative estimate of drug-likeness (QED) is 0.0378. The minimum Gasteiger partial charge on any atom is -0.756 e. The minimum absolute atomic E-state index is 0.0183. The van der Waals surface area contributed by atoms with Crippen molar-refractivity contribution in [1.82, 2.24) is 30.8 Å². The maximum absolute atomic E-state index is 12.4. The van der Waals surface area contributed by atoms with Gasteiger partial charge in [0.2, 0.25) is 11.8 Å². The van der Waals surface area contributed by atoms with E-state index < -0.39 is 53.7 Å². The Balaban J connectivity index is 1.08. The molecule has 0 saturated carbocycles. The minimum atomic E-state index is -6.06. The molecule has 1 aromatic rings. The summed E-state index contributed by atoms with van der Waals surface area (Å²) in [4.78, 5) is 105. The zero-order chi connectivity index (χ0) is 39.5. The highest BCUT2D eigenvalue weighted by Gasteiger charge is 2.42. The predicted molar refractivity (Wildman–Crippen MR) is 183 cm³/mol.